The largest absolute Gasteiger partial charge is 0.491 e. The minimum absolute atomic E-state index is 0.0976. The monoisotopic (exact) mass is 360 g/mol. The van der Waals surface area contributed by atoms with E-state index in [0.29, 0.717) is 15.7 Å². The third-order valence-corrected chi connectivity index (χ3v) is 4.84. The number of anilines is 1. The number of fused-ring (bicyclic) bond motifs is 1. The van der Waals surface area contributed by atoms with Gasteiger partial charge in [0.2, 0.25) is 0 Å². The summed E-state index contributed by atoms with van der Waals surface area (Å²) in [7, 11) is 0. The maximum Gasteiger partial charge on any atom is 0.257 e. The molecule has 0 bridgehead atoms. The van der Waals surface area contributed by atoms with E-state index >= 15 is 0 Å². The first-order valence-corrected chi connectivity index (χ1v) is 8.77. The van der Waals surface area contributed by atoms with Gasteiger partial charge in [-0.3, -0.25) is 10.1 Å². The van der Waals surface area contributed by atoms with Crippen molar-refractivity contribution in [3.8, 4) is 5.75 Å². The molecule has 0 aliphatic heterocycles. The van der Waals surface area contributed by atoms with Crippen molar-refractivity contribution < 1.29 is 9.53 Å². The molecule has 3 rings (SSSR count). The molecule has 0 fully saturated rings. The summed E-state index contributed by atoms with van der Waals surface area (Å²) >= 11 is 7.57. The summed E-state index contributed by atoms with van der Waals surface area (Å²) in [5.41, 5.74) is 2.40. The van der Waals surface area contributed by atoms with E-state index in [1.807, 2.05) is 32.9 Å². The topological polar surface area (TPSA) is 51.2 Å². The number of hydrogen-bond donors (Lipinski definition) is 1. The Bertz CT molecular complexity index is 849. The third-order valence-electron chi connectivity index (χ3n) is 3.41. The number of ether oxygens (including phenoxy) is 1. The predicted octanol–water partition coefficient (Wildman–Crippen LogP) is 5.30. The zero-order valence-electron chi connectivity index (χ0n) is 13.6. The Labute approximate surface area is 149 Å². The van der Waals surface area contributed by atoms with Gasteiger partial charge in [0.05, 0.1) is 21.3 Å². The van der Waals surface area contributed by atoms with Crippen molar-refractivity contribution in [3.63, 3.8) is 0 Å². The quantitative estimate of drug-likeness (QED) is 0.687. The summed E-state index contributed by atoms with van der Waals surface area (Å²) in [6.07, 6.45) is 0.0976. The van der Waals surface area contributed by atoms with Gasteiger partial charge in [0.25, 0.3) is 5.91 Å². The van der Waals surface area contributed by atoms with Crippen LogP contribution in [0.25, 0.3) is 10.2 Å². The number of halogens is 1. The van der Waals surface area contributed by atoms with E-state index in [1.165, 1.54) is 11.3 Å². The van der Waals surface area contributed by atoms with Crippen molar-refractivity contribution in [3.05, 3.63) is 52.5 Å². The zero-order chi connectivity index (χ0) is 17.3. The van der Waals surface area contributed by atoms with E-state index in [4.69, 9.17) is 16.3 Å². The molecule has 124 valence electrons. The van der Waals surface area contributed by atoms with E-state index < -0.39 is 0 Å². The summed E-state index contributed by atoms with van der Waals surface area (Å²) < 4.78 is 6.46. The minimum atomic E-state index is -0.209. The van der Waals surface area contributed by atoms with Gasteiger partial charge in [-0.15, -0.1) is 0 Å². The van der Waals surface area contributed by atoms with Crippen molar-refractivity contribution in [2.45, 2.75) is 26.9 Å². The molecule has 0 radical (unpaired) electrons. The number of benzene rings is 2. The second kappa shape index (κ2) is 6.79. The molecule has 1 heterocycles. The fraction of sp³-hybridized carbons (Fsp3) is 0.222. The number of amides is 1. The summed E-state index contributed by atoms with van der Waals surface area (Å²) in [6, 6.07) is 10.8. The fourth-order valence-corrected chi connectivity index (χ4v) is 3.49. The van der Waals surface area contributed by atoms with Crippen molar-refractivity contribution in [2.75, 3.05) is 5.32 Å². The molecule has 24 heavy (non-hydrogen) atoms. The highest BCUT2D eigenvalue weighted by molar-refractivity contribution is 7.23. The van der Waals surface area contributed by atoms with E-state index in [0.717, 1.165) is 21.5 Å². The maximum absolute atomic E-state index is 12.4. The van der Waals surface area contributed by atoms with Gasteiger partial charge in [-0.25, -0.2) is 4.98 Å². The molecule has 2 aromatic carbocycles. The lowest BCUT2D eigenvalue weighted by molar-refractivity contribution is 0.102. The summed E-state index contributed by atoms with van der Waals surface area (Å²) in [4.78, 5) is 16.8. The lowest BCUT2D eigenvalue weighted by atomic mass is 10.2. The second-order valence-corrected chi connectivity index (χ2v) is 7.11. The molecule has 4 nitrogen and oxygen atoms in total. The van der Waals surface area contributed by atoms with Crippen LogP contribution in [0.15, 0.2) is 36.4 Å². The van der Waals surface area contributed by atoms with E-state index in [9.17, 15) is 4.79 Å². The van der Waals surface area contributed by atoms with Crippen LogP contribution in [0, 0.1) is 6.92 Å². The van der Waals surface area contributed by atoms with Crippen LogP contribution in [0.4, 0.5) is 5.13 Å². The number of carbonyl (C=O) groups excluding carboxylic acids is 1. The second-order valence-electron chi connectivity index (χ2n) is 5.71. The Morgan fingerprint density at radius 2 is 1.92 bits per heavy atom. The molecule has 0 atom stereocenters. The number of aryl methyl sites for hydroxylation is 1. The Morgan fingerprint density at radius 3 is 2.54 bits per heavy atom. The van der Waals surface area contributed by atoms with Crippen LogP contribution >= 0.6 is 22.9 Å². The van der Waals surface area contributed by atoms with Crippen molar-refractivity contribution >= 4 is 44.2 Å². The Hall–Kier alpha value is -2.11. The molecule has 0 unspecified atom stereocenters. The molecule has 3 aromatic rings. The number of rotatable bonds is 4. The summed E-state index contributed by atoms with van der Waals surface area (Å²) in [5, 5.41) is 4.01. The van der Waals surface area contributed by atoms with Crippen LogP contribution in [0.1, 0.15) is 29.8 Å². The first-order chi connectivity index (χ1) is 11.4. The fourth-order valence-electron chi connectivity index (χ4n) is 2.28. The number of aromatic nitrogens is 1. The molecule has 0 spiro atoms. The average molecular weight is 361 g/mol. The summed E-state index contributed by atoms with van der Waals surface area (Å²) in [5.74, 6) is 0.530. The average Bonchev–Trinajstić information content (AvgIpc) is 2.96. The van der Waals surface area contributed by atoms with Gasteiger partial charge in [-0.05, 0) is 56.7 Å². The molecule has 0 aliphatic rings. The van der Waals surface area contributed by atoms with Gasteiger partial charge in [0, 0.05) is 5.56 Å². The first kappa shape index (κ1) is 16.7. The SMILES string of the molecule is Cc1ccc(Cl)c2sc(NC(=O)c3ccc(OC(C)C)cc3)nc12. The van der Waals surface area contributed by atoms with Crippen LogP contribution in [-0.2, 0) is 0 Å². The molecule has 1 aromatic heterocycles. The molecule has 0 aliphatic carbocycles. The highest BCUT2D eigenvalue weighted by Crippen LogP contribution is 2.34. The number of thiazole rings is 1. The summed E-state index contributed by atoms with van der Waals surface area (Å²) in [6.45, 7) is 5.89. The van der Waals surface area contributed by atoms with Crippen molar-refractivity contribution in [1.29, 1.82) is 0 Å². The van der Waals surface area contributed by atoms with Crippen LogP contribution < -0.4 is 10.1 Å². The Kier molecular flexibility index (Phi) is 4.73. The predicted molar refractivity (Wildman–Crippen MR) is 99.5 cm³/mol. The molecule has 6 heteroatoms. The standard InChI is InChI=1S/C18H17ClN2O2S/c1-10(2)23-13-7-5-12(6-8-13)17(22)21-18-20-15-11(3)4-9-14(19)16(15)24-18/h4-10H,1-3H3,(H,20,21,22). The minimum Gasteiger partial charge on any atom is -0.491 e. The highest BCUT2D eigenvalue weighted by Gasteiger charge is 2.13. The number of nitrogens with one attached hydrogen (secondary N) is 1. The Morgan fingerprint density at radius 1 is 1.21 bits per heavy atom. The van der Waals surface area contributed by atoms with Gasteiger partial charge in [0.1, 0.15) is 5.75 Å². The molecule has 0 saturated carbocycles. The number of carbonyl (C=O) groups is 1. The number of hydrogen-bond acceptors (Lipinski definition) is 4. The normalized spacial score (nSPS) is 11.0. The van der Waals surface area contributed by atoms with Crippen LogP contribution in [-0.4, -0.2) is 17.0 Å². The number of nitrogens with zero attached hydrogens (tertiary/aromatic N) is 1. The van der Waals surface area contributed by atoms with Crippen LogP contribution in [0.5, 0.6) is 5.75 Å². The van der Waals surface area contributed by atoms with Gasteiger partial charge >= 0.3 is 0 Å². The molecular weight excluding hydrogens is 344 g/mol. The van der Waals surface area contributed by atoms with Gasteiger partial charge < -0.3 is 4.74 Å². The van der Waals surface area contributed by atoms with Crippen molar-refractivity contribution in [1.82, 2.24) is 4.98 Å². The first-order valence-electron chi connectivity index (χ1n) is 7.58. The molecular formula is C18H17ClN2O2S. The lowest BCUT2D eigenvalue weighted by Gasteiger charge is -2.09. The van der Waals surface area contributed by atoms with Gasteiger partial charge in [-0.2, -0.15) is 0 Å². The van der Waals surface area contributed by atoms with Crippen molar-refractivity contribution in [2.24, 2.45) is 0 Å². The van der Waals surface area contributed by atoms with Gasteiger partial charge in [0.15, 0.2) is 5.13 Å². The highest BCUT2D eigenvalue weighted by atomic mass is 35.5. The van der Waals surface area contributed by atoms with E-state index in [-0.39, 0.29) is 12.0 Å². The van der Waals surface area contributed by atoms with Crippen LogP contribution in [0.3, 0.4) is 0 Å². The zero-order valence-corrected chi connectivity index (χ0v) is 15.2. The molecule has 0 saturated heterocycles. The smallest absolute Gasteiger partial charge is 0.257 e. The van der Waals surface area contributed by atoms with E-state index in [1.54, 1.807) is 24.3 Å². The van der Waals surface area contributed by atoms with E-state index in [2.05, 4.69) is 10.3 Å². The Balaban J connectivity index is 1.79. The maximum atomic E-state index is 12.4. The lowest BCUT2D eigenvalue weighted by Crippen LogP contribution is -2.12. The molecule has 1 amide bonds. The molecule has 1 N–H and O–H groups in total. The van der Waals surface area contributed by atoms with Gasteiger partial charge in [-0.1, -0.05) is 29.0 Å². The van der Waals surface area contributed by atoms with Crippen LogP contribution in [0.2, 0.25) is 5.02 Å². The third kappa shape index (κ3) is 3.52.